The molecule has 0 aliphatic heterocycles. The van der Waals surface area contributed by atoms with Gasteiger partial charge >= 0.3 is 0 Å². The standard InChI is InChI=1S/C14H22N2O/c1-5-10(3)13(15)14(17)16-12-7-6-9(2)8-11(12)4/h6-8,10,13H,5,15H2,1-4H3,(H,16,17)/t10?,13-/m0/s1. The van der Waals surface area contributed by atoms with Gasteiger partial charge in [0.1, 0.15) is 0 Å². The molecule has 1 aromatic rings. The molecule has 1 rings (SSSR count). The van der Waals surface area contributed by atoms with Crippen LogP contribution in [0.1, 0.15) is 31.4 Å². The Balaban J connectivity index is 2.74. The van der Waals surface area contributed by atoms with Crippen molar-refractivity contribution in [1.29, 1.82) is 0 Å². The minimum Gasteiger partial charge on any atom is -0.324 e. The summed E-state index contributed by atoms with van der Waals surface area (Å²) in [4.78, 5) is 11.9. The SMILES string of the molecule is CCC(C)[C@H](N)C(=O)Nc1ccc(C)cc1C. The zero-order chi connectivity index (χ0) is 13.0. The average molecular weight is 234 g/mol. The Labute approximate surface area is 103 Å². The molecule has 3 nitrogen and oxygen atoms in total. The third-order valence-corrected chi connectivity index (χ3v) is 3.20. The van der Waals surface area contributed by atoms with Crippen LogP contribution in [0.4, 0.5) is 5.69 Å². The van der Waals surface area contributed by atoms with Gasteiger partial charge in [-0.3, -0.25) is 4.79 Å². The number of benzene rings is 1. The highest BCUT2D eigenvalue weighted by Gasteiger charge is 2.19. The summed E-state index contributed by atoms with van der Waals surface area (Å²) >= 11 is 0. The first-order valence-corrected chi connectivity index (χ1v) is 6.09. The summed E-state index contributed by atoms with van der Waals surface area (Å²) in [5.74, 6) is 0.0899. The van der Waals surface area contributed by atoms with Crippen LogP contribution in [0.2, 0.25) is 0 Å². The van der Waals surface area contributed by atoms with Gasteiger partial charge in [-0.05, 0) is 31.4 Å². The van der Waals surface area contributed by atoms with Crippen molar-refractivity contribution in [1.82, 2.24) is 0 Å². The lowest BCUT2D eigenvalue weighted by molar-refractivity contribution is -0.118. The fourth-order valence-corrected chi connectivity index (χ4v) is 1.68. The van der Waals surface area contributed by atoms with E-state index in [1.165, 1.54) is 5.56 Å². The topological polar surface area (TPSA) is 55.1 Å². The van der Waals surface area contributed by atoms with E-state index in [0.717, 1.165) is 17.7 Å². The minimum absolute atomic E-state index is 0.105. The van der Waals surface area contributed by atoms with E-state index < -0.39 is 6.04 Å². The number of carbonyl (C=O) groups is 1. The molecule has 0 radical (unpaired) electrons. The maximum atomic E-state index is 11.9. The first-order chi connectivity index (χ1) is 7.95. The van der Waals surface area contributed by atoms with Gasteiger partial charge in [-0.15, -0.1) is 0 Å². The van der Waals surface area contributed by atoms with E-state index in [4.69, 9.17) is 5.73 Å². The largest absolute Gasteiger partial charge is 0.324 e. The second kappa shape index (κ2) is 5.82. The molecule has 0 aliphatic carbocycles. The monoisotopic (exact) mass is 234 g/mol. The normalized spacial score (nSPS) is 14.2. The summed E-state index contributed by atoms with van der Waals surface area (Å²) in [6, 6.07) is 5.51. The summed E-state index contributed by atoms with van der Waals surface area (Å²) in [5, 5.41) is 2.89. The smallest absolute Gasteiger partial charge is 0.241 e. The zero-order valence-corrected chi connectivity index (χ0v) is 11.1. The predicted octanol–water partition coefficient (Wildman–Crippen LogP) is 2.62. The van der Waals surface area contributed by atoms with E-state index in [2.05, 4.69) is 5.32 Å². The van der Waals surface area contributed by atoms with Gasteiger partial charge in [0.2, 0.25) is 5.91 Å². The van der Waals surface area contributed by atoms with Crippen molar-refractivity contribution >= 4 is 11.6 Å². The third-order valence-electron chi connectivity index (χ3n) is 3.20. The van der Waals surface area contributed by atoms with Gasteiger partial charge in [0, 0.05) is 5.69 Å². The summed E-state index contributed by atoms with van der Waals surface area (Å²) in [5.41, 5.74) is 8.98. The Morgan fingerprint density at radius 3 is 2.59 bits per heavy atom. The molecule has 1 unspecified atom stereocenters. The van der Waals surface area contributed by atoms with Gasteiger partial charge in [-0.1, -0.05) is 38.0 Å². The number of carbonyl (C=O) groups excluding carboxylic acids is 1. The highest BCUT2D eigenvalue weighted by atomic mass is 16.2. The van der Waals surface area contributed by atoms with Crippen LogP contribution in [-0.4, -0.2) is 11.9 Å². The fraction of sp³-hybridized carbons (Fsp3) is 0.500. The molecule has 0 heterocycles. The number of rotatable bonds is 4. The Morgan fingerprint density at radius 2 is 2.06 bits per heavy atom. The number of anilines is 1. The van der Waals surface area contributed by atoms with Gasteiger partial charge in [-0.25, -0.2) is 0 Å². The van der Waals surface area contributed by atoms with E-state index in [0.29, 0.717) is 0 Å². The Bertz CT molecular complexity index is 401. The molecule has 94 valence electrons. The Hall–Kier alpha value is -1.35. The minimum atomic E-state index is -0.444. The van der Waals surface area contributed by atoms with Crippen LogP contribution < -0.4 is 11.1 Å². The molecule has 2 atom stereocenters. The molecule has 17 heavy (non-hydrogen) atoms. The van der Waals surface area contributed by atoms with E-state index in [-0.39, 0.29) is 11.8 Å². The molecule has 0 saturated carbocycles. The van der Waals surface area contributed by atoms with Crippen LogP contribution in [0.15, 0.2) is 18.2 Å². The highest BCUT2D eigenvalue weighted by Crippen LogP contribution is 2.17. The van der Waals surface area contributed by atoms with Crippen LogP contribution in [0, 0.1) is 19.8 Å². The molecule has 3 N–H and O–H groups in total. The molecule has 0 bridgehead atoms. The Kier molecular flexibility index (Phi) is 4.70. The van der Waals surface area contributed by atoms with E-state index in [1.54, 1.807) is 0 Å². The van der Waals surface area contributed by atoms with Crippen LogP contribution in [0.3, 0.4) is 0 Å². The number of amides is 1. The number of aryl methyl sites for hydroxylation is 2. The van der Waals surface area contributed by atoms with Gasteiger partial charge < -0.3 is 11.1 Å². The Morgan fingerprint density at radius 1 is 1.41 bits per heavy atom. The van der Waals surface area contributed by atoms with Crippen LogP contribution in [0.25, 0.3) is 0 Å². The van der Waals surface area contributed by atoms with Crippen LogP contribution >= 0.6 is 0 Å². The molecule has 0 saturated heterocycles. The fourth-order valence-electron chi connectivity index (χ4n) is 1.68. The quantitative estimate of drug-likeness (QED) is 0.841. The lowest BCUT2D eigenvalue weighted by atomic mass is 9.99. The first-order valence-electron chi connectivity index (χ1n) is 6.09. The summed E-state index contributed by atoms with van der Waals surface area (Å²) in [6.45, 7) is 8.04. The lowest BCUT2D eigenvalue weighted by Crippen LogP contribution is -2.40. The molecule has 3 heteroatoms. The maximum absolute atomic E-state index is 11.9. The van der Waals surface area contributed by atoms with Gasteiger partial charge in [0.25, 0.3) is 0 Å². The van der Waals surface area contributed by atoms with Crippen molar-refractivity contribution < 1.29 is 4.79 Å². The average Bonchev–Trinajstić information content (AvgIpc) is 2.30. The maximum Gasteiger partial charge on any atom is 0.241 e. The van der Waals surface area contributed by atoms with Crippen molar-refractivity contribution in [2.75, 3.05) is 5.32 Å². The van der Waals surface area contributed by atoms with Gasteiger partial charge in [-0.2, -0.15) is 0 Å². The molecule has 1 aromatic carbocycles. The second-order valence-corrected chi connectivity index (χ2v) is 4.72. The third kappa shape index (κ3) is 3.56. The molecule has 0 spiro atoms. The van der Waals surface area contributed by atoms with Crippen molar-refractivity contribution in [3.63, 3.8) is 0 Å². The predicted molar refractivity (Wildman–Crippen MR) is 72.0 cm³/mol. The number of hydrogen-bond acceptors (Lipinski definition) is 2. The molecular weight excluding hydrogens is 212 g/mol. The van der Waals surface area contributed by atoms with E-state index in [1.807, 2.05) is 45.9 Å². The van der Waals surface area contributed by atoms with Crippen molar-refractivity contribution in [3.8, 4) is 0 Å². The zero-order valence-electron chi connectivity index (χ0n) is 11.1. The molecule has 0 fully saturated rings. The molecule has 0 aliphatic rings. The van der Waals surface area contributed by atoms with Crippen molar-refractivity contribution in [3.05, 3.63) is 29.3 Å². The summed E-state index contributed by atoms with van der Waals surface area (Å²) < 4.78 is 0. The lowest BCUT2D eigenvalue weighted by Gasteiger charge is -2.18. The van der Waals surface area contributed by atoms with Crippen molar-refractivity contribution in [2.45, 2.75) is 40.2 Å². The molecule has 1 amide bonds. The number of nitrogens with two attached hydrogens (primary N) is 1. The van der Waals surface area contributed by atoms with Crippen LogP contribution in [-0.2, 0) is 4.79 Å². The van der Waals surface area contributed by atoms with Crippen molar-refractivity contribution in [2.24, 2.45) is 11.7 Å². The van der Waals surface area contributed by atoms with Gasteiger partial charge in [0.15, 0.2) is 0 Å². The first kappa shape index (κ1) is 13.7. The highest BCUT2D eigenvalue weighted by molar-refractivity contribution is 5.95. The van der Waals surface area contributed by atoms with Gasteiger partial charge in [0.05, 0.1) is 6.04 Å². The molecular formula is C14H22N2O. The van der Waals surface area contributed by atoms with E-state index in [9.17, 15) is 4.79 Å². The van der Waals surface area contributed by atoms with E-state index >= 15 is 0 Å². The number of hydrogen-bond donors (Lipinski definition) is 2. The summed E-state index contributed by atoms with van der Waals surface area (Å²) in [6.07, 6.45) is 0.904. The number of nitrogens with one attached hydrogen (secondary N) is 1. The second-order valence-electron chi connectivity index (χ2n) is 4.72. The van der Waals surface area contributed by atoms with Crippen LogP contribution in [0.5, 0.6) is 0 Å². The molecule has 0 aromatic heterocycles. The summed E-state index contributed by atoms with van der Waals surface area (Å²) in [7, 11) is 0.